The Kier molecular flexibility index (Phi) is 12.7. The van der Waals surface area contributed by atoms with Crippen molar-refractivity contribution in [2.24, 2.45) is 0 Å². The topological polar surface area (TPSA) is 26.3 Å². The number of unbranched alkanes of at least 4 members (excludes halogenated alkanes) is 8. The van der Waals surface area contributed by atoms with Gasteiger partial charge in [0.05, 0.1) is 7.11 Å². The van der Waals surface area contributed by atoms with E-state index in [1.54, 1.807) is 0 Å². The van der Waals surface area contributed by atoms with Crippen LogP contribution in [-0.2, 0) is 9.53 Å². The summed E-state index contributed by atoms with van der Waals surface area (Å²) >= 11 is 4.19. The lowest BCUT2D eigenvalue weighted by Gasteiger charge is -2.01. The first kappa shape index (κ1) is 15.8. The number of esters is 1. The summed E-state index contributed by atoms with van der Waals surface area (Å²) in [6.45, 7) is 0. The largest absolute Gasteiger partial charge is 0.469 e. The highest BCUT2D eigenvalue weighted by molar-refractivity contribution is 7.80. The summed E-state index contributed by atoms with van der Waals surface area (Å²) in [5.41, 5.74) is 0. The highest BCUT2D eigenvalue weighted by Gasteiger charge is 1.98. The van der Waals surface area contributed by atoms with Gasteiger partial charge in [0.25, 0.3) is 0 Å². The monoisotopic (exact) mass is 246 g/mol. The van der Waals surface area contributed by atoms with Gasteiger partial charge in [0.2, 0.25) is 0 Å². The van der Waals surface area contributed by atoms with Crippen molar-refractivity contribution in [1.29, 1.82) is 0 Å². The Morgan fingerprint density at radius 3 is 1.75 bits per heavy atom. The SMILES string of the molecule is COC(=O)CCCCCCCCCCCS. The number of hydrogen-bond donors (Lipinski definition) is 1. The number of rotatable bonds is 11. The second-order valence-electron chi connectivity index (χ2n) is 4.23. The van der Waals surface area contributed by atoms with E-state index in [1.807, 2.05) is 0 Å². The van der Waals surface area contributed by atoms with Crippen LogP contribution in [0.1, 0.15) is 64.2 Å². The Hall–Kier alpha value is -0.180. The van der Waals surface area contributed by atoms with Gasteiger partial charge in [0.15, 0.2) is 0 Å². The van der Waals surface area contributed by atoms with E-state index in [1.165, 1.54) is 52.1 Å². The van der Waals surface area contributed by atoms with Crippen LogP contribution in [0.15, 0.2) is 0 Å². The lowest BCUT2D eigenvalue weighted by molar-refractivity contribution is -0.140. The number of carbonyl (C=O) groups is 1. The number of carbonyl (C=O) groups excluding carboxylic acids is 1. The van der Waals surface area contributed by atoms with Crippen LogP contribution >= 0.6 is 12.6 Å². The molecule has 96 valence electrons. The van der Waals surface area contributed by atoms with Gasteiger partial charge in [-0.2, -0.15) is 12.6 Å². The van der Waals surface area contributed by atoms with Crippen molar-refractivity contribution in [2.75, 3.05) is 12.9 Å². The first-order valence-electron chi connectivity index (χ1n) is 6.49. The minimum Gasteiger partial charge on any atom is -0.469 e. The Morgan fingerprint density at radius 1 is 0.875 bits per heavy atom. The molecule has 0 radical (unpaired) electrons. The third-order valence-corrected chi connectivity index (χ3v) is 3.08. The quantitative estimate of drug-likeness (QED) is 0.339. The molecule has 0 aromatic rings. The number of hydrogen-bond acceptors (Lipinski definition) is 3. The van der Waals surface area contributed by atoms with Crippen molar-refractivity contribution in [1.82, 2.24) is 0 Å². The maximum atomic E-state index is 10.8. The van der Waals surface area contributed by atoms with Crippen LogP contribution in [0, 0.1) is 0 Å². The zero-order valence-corrected chi connectivity index (χ0v) is 11.4. The molecule has 0 N–H and O–H groups in total. The van der Waals surface area contributed by atoms with Gasteiger partial charge in [-0.15, -0.1) is 0 Å². The average molecular weight is 246 g/mol. The summed E-state index contributed by atoms with van der Waals surface area (Å²) in [6, 6.07) is 0. The second-order valence-corrected chi connectivity index (χ2v) is 4.68. The molecule has 0 rings (SSSR count). The molecule has 16 heavy (non-hydrogen) atoms. The van der Waals surface area contributed by atoms with Crippen LogP contribution in [-0.4, -0.2) is 18.8 Å². The normalized spacial score (nSPS) is 10.4. The molecule has 0 heterocycles. The average Bonchev–Trinajstić information content (AvgIpc) is 2.31. The molecule has 0 saturated carbocycles. The van der Waals surface area contributed by atoms with Gasteiger partial charge >= 0.3 is 5.97 Å². The van der Waals surface area contributed by atoms with E-state index in [4.69, 9.17) is 0 Å². The standard InChI is InChI=1S/C13H26O2S/c1-15-13(14)11-9-7-5-3-2-4-6-8-10-12-16/h16H,2-12H2,1H3. The Labute approximate surface area is 106 Å². The first-order chi connectivity index (χ1) is 7.81. The molecule has 0 aromatic heterocycles. The predicted molar refractivity (Wildman–Crippen MR) is 72.0 cm³/mol. The van der Waals surface area contributed by atoms with E-state index < -0.39 is 0 Å². The molecule has 0 aliphatic heterocycles. The number of methoxy groups -OCH3 is 1. The van der Waals surface area contributed by atoms with Gasteiger partial charge < -0.3 is 4.74 Å². The Bertz CT molecular complexity index is 160. The molecule has 0 aliphatic carbocycles. The van der Waals surface area contributed by atoms with Crippen LogP contribution < -0.4 is 0 Å². The fourth-order valence-corrected chi connectivity index (χ4v) is 1.94. The summed E-state index contributed by atoms with van der Waals surface area (Å²) in [5.74, 6) is 0.944. The summed E-state index contributed by atoms with van der Waals surface area (Å²) in [6.07, 6.45) is 11.9. The molecule has 0 atom stereocenters. The van der Waals surface area contributed by atoms with Crippen LogP contribution in [0.4, 0.5) is 0 Å². The van der Waals surface area contributed by atoms with E-state index in [2.05, 4.69) is 17.4 Å². The molecule has 0 bridgehead atoms. The van der Waals surface area contributed by atoms with E-state index in [0.717, 1.165) is 18.6 Å². The van der Waals surface area contributed by atoms with Gasteiger partial charge in [-0.1, -0.05) is 44.9 Å². The van der Waals surface area contributed by atoms with Crippen molar-refractivity contribution in [2.45, 2.75) is 64.2 Å². The zero-order valence-electron chi connectivity index (χ0n) is 10.5. The van der Waals surface area contributed by atoms with Crippen molar-refractivity contribution >= 4 is 18.6 Å². The first-order valence-corrected chi connectivity index (χ1v) is 7.12. The molecule has 0 amide bonds. The fourth-order valence-electron chi connectivity index (χ4n) is 1.72. The molecular formula is C13H26O2S. The van der Waals surface area contributed by atoms with E-state index in [-0.39, 0.29) is 5.97 Å². The summed E-state index contributed by atoms with van der Waals surface area (Å²) < 4.78 is 4.59. The van der Waals surface area contributed by atoms with Crippen molar-refractivity contribution in [3.8, 4) is 0 Å². The molecule has 0 unspecified atom stereocenters. The van der Waals surface area contributed by atoms with Crippen molar-refractivity contribution in [3.05, 3.63) is 0 Å². The lowest BCUT2D eigenvalue weighted by atomic mass is 10.1. The summed E-state index contributed by atoms with van der Waals surface area (Å²) in [4.78, 5) is 10.8. The van der Waals surface area contributed by atoms with E-state index in [0.29, 0.717) is 6.42 Å². The smallest absolute Gasteiger partial charge is 0.305 e. The lowest BCUT2D eigenvalue weighted by Crippen LogP contribution is -1.99. The summed E-state index contributed by atoms with van der Waals surface area (Å²) in [7, 11) is 1.45. The molecule has 0 fully saturated rings. The van der Waals surface area contributed by atoms with E-state index >= 15 is 0 Å². The molecular weight excluding hydrogens is 220 g/mol. The van der Waals surface area contributed by atoms with Crippen molar-refractivity contribution < 1.29 is 9.53 Å². The minimum absolute atomic E-state index is 0.0771. The third kappa shape index (κ3) is 11.9. The molecule has 0 spiro atoms. The highest BCUT2D eigenvalue weighted by Crippen LogP contribution is 2.10. The number of thiol groups is 1. The predicted octanol–water partition coefficient (Wildman–Crippen LogP) is 3.99. The van der Waals surface area contributed by atoms with Crippen LogP contribution in [0.25, 0.3) is 0 Å². The van der Waals surface area contributed by atoms with Gasteiger partial charge in [0.1, 0.15) is 0 Å². The second kappa shape index (κ2) is 12.9. The molecule has 0 aliphatic rings. The maximum absolute atomic E-state index is 10.8. The van der Waals surface area contributed by atoms with Crippen LogP contribution in [0.5, 0.6) is 0 Å². The Morgan fingerprint density at radius 2 is 1.31 bits per heavy atom. The zero-order chi connectivity index (χ0) is 12.1. The van der Waals surface area contributed by atoms with Gasteiger partial charge in [0, 0.05) is 6.42 Å². The van der Waals surface area contributed by atoms with Crippen LogP contribution in [0.2, 0.25) is 0 Å². The fraction of sp³-hybridized carbons (Fsp3) is 0.923. The Balaban J connectivity index is 2.96. The highest BCUT2D eigenvalue weighted by atomic mass is 32.1. The molecule has 2 nitrogen and oxygen atoms in total. The molecule has 0 aromatic carbocycles. The van der Waals surface area contributed by atoms with Gasteiger partial charge in [-0.25, -0.2) is 0 Å². The molecule has 0 saturated heterocycles. The van der Waals surface area contributed by atoms with Crippen molar-refractivity contribution in [3.63, 3.8) is 0 Å². The van der Waals surface area contributed by atoms with Gasteiger partial charge in [-0.05, 0) is 18.6 Å². The summed E-state index contributed by atoms with van der Waals surface area (Å²) in [5, 5.41) is 0. The van der Waals surface area contributed by atoms with Crippen LogP contribution in [0.3, 0.4) is 0 Å². The number of ether oxygens (including phenoxy) is 1. The minimum atomic E-state index is -0.0771. The maximum Gasteiger partial charge on any atom is 0.305 e. The third-order valence-electron chi connectivity index (χ3n) is 2.77. The van der Waals surface area contributed by atoms with Gasteiger partial charge in [-0.3, -0.25) is 4.79 Å². The van der Waals surface area contributed by atoms with E-state index in [9.17, 15) is 4.79 Å². The molecule has 3 heteroatoms.